The van der Waals surface area contributed by atoms with Gasteiger partial charge in [-0.1, -0.05) is 0 Å². The Hall–Kier alpha value is -2.34. The predicted octanol–water partition coefficient (Wildman–Crippen LogP) is 2.45. The molecule has 1 aromatic carbocycles. The van der Waals surface area contributed by atoms with E-state index in [9.17, 15) is 10.1 Å². The van der Waals surface area contributed by atoms with Gasteiger partial charge >= 0.3 is 0 Å². The number of aromatic nitrogens is 1. The Kier molecular flexibility index (Phi) is 3.85. The normalized spacial score (nSPS) is 16.0. The molecule has 0 radical (unpaired) electrons. The van der Waals surface area contributed by atoms with Crippen molar-refractivity contribution in [2.75, 3.05) is 38.1 Å². The van der Waals surface area contributed by atoms with Crippen molar-refractivity contribution in [2.45, 2.75) is 6.92 Å². The molecule has 1 aliphatic heterocycles. The standard InChI is InChI=1S/C16H20N4O2/c1-13-5-6-19(12-13)16-11-14(3-4-15(16)20(21)22)18-9-7-17(2)8-10-18/h3-6,11-12H,7-10H2,1-2H3. The molecule has 0 aliphatic carbocycles. The van der Waals surface area contributed by atoms with Gasteiger partial charge in [0.05, 0.1) is 4.92 Å². The van der Waals surface area contributed by atoms with Crippen LogP contribution in [-0.4, -0.2) is 47.6 Å². The van der Waals surface area contributed by atoms with E-state index in [-0.39, 0.29) is 10.6 Å². The Bertz CT molecular complexity index is 687. The lowest BCUT2D eigenvalue weighted by Crippen LogP contribution is -2.44. The van der Waals surface area contributed by atoms with Gasteiger partial charge in [-0.15, -0.1) is 0 Å². The van der Waals surface area contributed by atoms with Gasteiger partial charge in [0, 0.05) is 50.3 Å². The minimum atomic E-state index is -0.321. The third-order valence-electron chi connectivity index (χ3n) is 4.14. The number of likely N-dealkylation sites (N-methyl/N-ethyl adjacent to an activating group) is 1. The number of hydrogen-bond acceptors (Lipinski definition) is 4. The summed E-state index contributed by atoms with van der Waals surface area (Å²) in [7, 11) is 2.11. The van der Waals surface area contributed by atoms with Gasteiger partial charge in [0.1, 0.15) is 5.69 Å². The lowest BCUT2D eigenvalue weighted by atomic mass is 10.2. The molecule has 1 aromatic heterocycles. The fourth-order valence-corrected chi connectivity index (χ4v) is 2.79. The highest BCUT2D eigenvalue weighted by molar-refractivity contribution is 5.63. The molecule has 1 aliphatic rings. The molecule has 22 heavy (non-hydrogen) atoms. The SMILES string of the molecule is Cc1ccn(-c2cc(N3CCN(C)CC3)ccc2[N+](=O)[O-])c1. The van der Waals surface area contributed by atoms with E-state index in [1.54, 1.807) is 6.07 Å². The van der Waals surface area contributed by atoms with Crippen molar-refractivity contribution in [3.63, 3.8) is 0 Å². The average molecular weight is 300 g/mol. The van der Waals surface area contributed by atoms with Crippen LogP contribution < -0.4 is 4.90 Å². The molecule has 6 heteroatoms. The molecule has 0 spiro atoms. The summed E-state index contributed by atoms with van der Waals surface area (Å²) in [6.45, 7) is 5.88. The summed E-state index contributed by atoms with van der Waals surface area (Å²) in [4.78, 5) is 15.6. The number of nitro groups is 1. The van der Waals surface area contributed by atoms with E-state index in [1.807, 2.05) is 42.1 Å². The van der Waals surface area contributed by atoms with E-state index < -0.39 is 0 Å². The third kappa shape index (κ3) is 2.82. The molecule has 0 amide bonds. The predicted molar refractivity (Wildman–Crippen MR) is 86.9 cm³/mol. The van der Waals surface area contributed by atoms with Gasteiger partial charge in [-0.2, -0.15) is 0 Å². The Morgan fingerprint density at radius 3 is 2.45 bits per heavy atom. The number of hydrogen-bond donors (Lipinski definition) is 0. The summed E-state index contributed by atoms with van der Waals surface area (Å²) < 4.78 is 1.83. The smallest absolute Gasteiger partial charge is 0.293 e. The van der Waals surface area contributed by atoms with Crippen LogP contribution in [0.25, 0.3) is 5.69 Å². The summed E-state index contributed by atoms with van der Waals surface area (Å²) in [5.74, 6) is 0. The molecule has 1 fully saturated rings. The number of nitro benzene ring substituents is 1. The van der Waals surface area contributed by atoms with Gasteiger partial charge in [0.15, 0.2) is 0 Å². The summed E-state index contributed by atoms with van der Waals surface area (Å²) in [5.41, 5.74) is 2.88. The van der Waals surface area contributed by atoms with Gasteiger partial charge < -0.3 is 14.4 Å². The highest BCUT2D eigenvalue weighted by Crippen LogP contribution is 2.29. The summed E-state index contributed by atoms with van der Waals surface area (Å²) in [6.07, 6.45) is 3.78. The van der Waals surface area contributed by atoms with Gasteiger partial charge in [0.25, 0.3) is 5.69 Å². The fourth-order valence-electron chi connectivity index (χ4n) is 2.79. The second-order valence-electron chi connectivity index (χ2n) is 5.82. The van der Waals surface area contributed by atoms with Crippen molar-refractivity contribution < 1.29 is 4.92 Å². The molecule has 0 N–H and O–H groups in total. The van der Waals surface area contributed by atoms with E-state index >= 15 is 0 Å². The Morgan fingerprint density at radius 2 is 1.86 bits per heavy atom. The average Bonchev–Trinajstić information content (AvgIpc) is 2.94. The van der Waals surface area contributed by atoms with E-state index in [0.29, 0.717) is 5.69 Å². The molecular weight excluding hydrogens is 280 g/mol. The largest absolute Gasteiger partial charge is 0.369 e. The van der Waals surface area contributed by atoms with Crippen molar-refractivity contribution in [1.29, 1.82) is 0 Å². The molecule has 0 saturated carbocycles. The zero-order valence-electron chi connectivity index (χ0n) is 12.9. The first-order valence-corrected chi connectivity index (χ1v) is 7.41. The zero-order valence-corrected chi connectivity index (χ0v) is 12.9. The van der Waals surface area contributed by atoms with Gasteiger partial charge in [-0.05, 0) is 37.7 Å². The second-order valence-corrected chi connectivity index (χ2v) is 5.82. The molecule has 6 nitrogen and oxygen atoms in total. The van der Waals surface area contributed by atoms with Crippen LogP contribution in [0.4, 0.5) is 11.4 Å². The highest BCUT2D eigenvalue weighted by Gasteiger charge is 2.20. The van der Waals surface area contributed by atoms with Crippen LogP contribution in [0, 0.1) is 17.0 Å². The van der Waals surface area contributed by atoms with Crippen LogP contribution in [-0.2, 0) is 0 Å². The maximum Gasteiger partial charge on any atom is 0.293 e. The Morgan fingerprint density at radius 1 is 1.14 bits per heavy atom. The summed E-state index contributed by atoms with van der Waals surface area (Å²) in [6, 6.07) is 7.33. The lowest BCUT2D eigenvalue weighted by molar-refractivity contribution is -0.384. The van der Waals surface area contributed by atoms with Gasteiger partial charge in [0.2, 0.25) is 0 Å². The maximum absolute atomic E-state index is 11.3. The Labute approximate surface area is 129 Å². The van der Waals surface area contributed by atoms with Crippen molar-refractivity contribution >= 4 is 11.4 Å². The number of benzene rings is 1. The maximum atomic E-state index is 11.3. The van der Waals surface area contributed by atoms with Gasteiger partial charge in [-0.25, -0.2) is 0 Å². The Balaban J connectivity index is 1.99. The topological polar surface area (TPSA) is 54.5 Å². The van der Waals surface area contributed by atoms with E-state index in [2.05, 4.69) is 16.8 Å². The van der Waals surface area contributed by atoms with Crippen LogP contribution in [0.2, 0.25) is 0 Å². The number of nitrogens with zero attached hydrogens (tertiary/aromatic N) is 4. The first-order valence-electron chi connectivity index (χ1n) is 7.41. The fraction of sp³-hybridized carbons (Fsp3) is 0.375. The van der Waals surface area contributed by atoms with Crippen molar-refractivity contribution in [2.24, 2.45) is 0 Å². The van der Waals surface area contributed by atoms with Crippen LogP contribution >= 0.6 is 0 Å². The molecule has 3 rings (SSSR count). The van der Waals surface area contributed by atoms with Crippen molar-refractivity contribution in [3.05, 3.63) is 52.3 Å². The van der Waals surface area contributed by atoms with Gasteiger partial charge in [-0.3, -0.25) is 10.1 Å². The van der Waals surface area contributed by atoms with E-state index in [4.69, 9.17) is 0 Å². The highest BCUT2D eigenvalue weighted by atomic mass is 16.6. The van der Waals surface area contributed by atoms with Crippen LogP contribution in [0.15, 0.2) is 36.7 Å². The first kappa shape index (κ1) is 14.6. The zero-order chi connectivity index (χ0) is 15.7. The molecular formula is C16H20N4O2. The summed E-state index contributed by atoms with van der Waals surface area (Å²) >= 11 is 0. The summed E-state index contributed by atoms with van der Waals surface area (Å²) in [5, 5.41) is 11.3. The third-order valence-corrected chi connectivity index (χ3v) is 4.14. The van der Waals surface area contributed by atoms with Crippen LogP contribution in [0.1, 0.15) is 5.56 Å². The monoisotopic (exact) mass is 300 g/mol. The first-order chi connectivity index (χ1) is 10.5. The number of anilines is 1. The van der Waals surface area contributed by atoms with Crippen molar-refractivity contribution in [3.8, 4) is 5.69 Å². The molecule has 1 saturated heterocycles. The molecule has 2 heterocycles. The molecule has 2 aromatic rings. The lowest BCUT2D eigenvalue weighted by Gasteiger charge is -2.34. The minimum Gasteiger partial charge on any atom is -0.369 e. The quantitative estimate of drug-likeness (QED) is 0.645. The second kappa shape index (κ2) is 5.81. The number of piperazine rings is 1. The van der Waals surface area contributed by atoms with Crippen LogP contribution in [0.3, 0.4) is 0 Å². The molecule has 0 unspecified atom stereocenters. The minimum absolute atomic E-state index is 0.133. The van der Waals surface area contributed by atoms with E-state index in [0.717, 1.165) is 37.4 Å². The molecule has 116 valence electrons. The van der Waals surface area contributed by atoms with E-state index in [1.165, 1.54) is 0 Å². The molecule has 0 atom stereocenters. The molecule has 0 bridgehead atoms. The number of aryl methyl sites for hydroxylation is 1. The van der Waals surface area contributed by atoms with Crippen molar-refractivity contribution in [1.82, 2.24) is 9.47 Å². The number of rotatable bonds is 3. The van der Waals surface area contributed by atoms with Crippen LogP contribution in [0.5, 0.6) is 0 Å².